The molecule has 0 unspecified atom stereocenters. The second kappa shape index (κ2) is 6.06. The Balaban J connectivity index is 0.000000444. The van der Waals surface area contributed by atoms with Gasteiger partial charge in [-0.25, -0.2) is 9.97 Å². The maximum atomic E-state index is 7.17. The standard InChI is InChI=1S/C10H16BN3O2.BH3O3/c1-9(2)10(3,4)16-11(15-9)7-5-13-8(12)14-6-7;2-1(3)4/h5-6H,1-4H3,(H2,12,13,14);2-4H. The number of nitrogen functional groups attached to an aromatic ring is 1. The Morgan fingerprint density at radius 3 is 1.75 bits per heavy atom. The average Bonchev–Trinajstić information content (AvgIpc) is 2.48. The smallest absolute Gasteiger partial charge is 0.402 e. The van der Waals surface area contributed by atoms with Crippen LogP contribution in [0.3, 0.4) is 0 Å². The molecule has 110 valence electrons. The van der Waals surface area contributed by atoms with E-state index in [9.17, 15) is 0 Å². The van der Waals surface area contributed by atoms with Gasteiger partial charge in [-0.1, -0.05) is 0 Å². The van der Waals surface area contributed by atoms with Crippen molar-refractivity contribution in [1.82, 2.24) is 9.97 Å². The van der Waals surface area contributed by atoms with Gasteiger partial charge in [0.05, 0.1) is 11.2 Å². The fourth-order valence-electron chi connectivity index (χ4n) is 1.45. The van der Waals surface area contributed by atoms with E-state index in [1.54, 1.807) is 12.4 Å². The molecular weight excluding hydrogens is 264 g/mol. The van der Waals surface area contributed by atoms with Gasteiger partial charge in [-0.15, -0.1) is 0 Å². The van der Waals surface area contributed by atoms with Crippen LogP contribution in [0.1, 0.15) is 27.7 Å². The van der Waals surface area contributed by atoms with Gasteiger partial charge in [-0.3, -0.25) is 0 Å². The third-order valence-electron chi connectivity index (χ3n) is 3.22. The number of anilines is 1. The number of aromatic nitrogens is 2. The maximum absolute atomic E-state index is 7.17. The van der Waals surface area contributed by atoms with E-state index < -0.39 is 14.4 Å². The molecule has 0 bridgehead atoms. The normalized spacial score (nSPS) is 19.2. The fourth-order valence-corrected chi connectivity index (χ4v) is 1.45. The van der Waals surface area contributed by atoms with Crippen molar-refractivity contribution in [2.24, 2.45) is 0 Å². The molecule has 0 radical (unpaired) electrons. The van der Waals surface area contributed by atoms with Gasteiger partial charge in [0.15, 0.2) is 0 Å². The Morgan fingerprint density at radius 1 is 1.05 bits per heavy atom. The Labute approximate surface area is 118 Å². The molecule has 2 heterocycles. The Kier molecular flexibility index (Phi) is 5.11. The van der Waals surface area contributed by atoms with E-state index >= 15 is 0 Å². The summed E-state index contributed by atoms with van der Waals surface area (Å²) in [6.07, 6.45) is 3.26. The number of hydrogen-bond donors (Lipinski definition) is 4. The minimum absolute atomic E-state index is 0.250. The van der Waals surface area contributed by atoms with E-state index in [1.807, 2.05) is 27.7 Å². The van der Waals surface area contributed by atoms with Gasteiger partial charge >= 0.3 is 14.4 Å². The van der Waals surface area contributed by atoms with E-state index in [-0.39, 0.29) is 17.2 Å². The molecule has 20 heavy (non-hydrogen) atoms. The van der Waals surface area contributed by atoms with Crippen LogP contribution in [0.15, 0.2) is 12.4 Å². The summed E-state index contributed by atoms with van der Waals surface area (Å²) in [4.78, 5) is 7.85. The summed E-state index contributed by atoms with van der Waals surface area (Å²) in [5, 5.41) is 21.5. The quantitative estimate of drug-likeness (QED) is 0.449. The molecule has 1 saturated heterocycles. The lowest BCUT2D eigenvalue weighted by Crippen LogP contribution is -2.41. The van der Waals surface area contributed by atoms with Crippen molar-refractivity contribution in [1.29, 1.82) is 0 Å². The Bertz CT molecular complexity index is 422. The summed E-state index contributed by atoms with van der Waals surface area (Å²) in [7, 11) is -2.59. The molecule has 10 heteroatoms. The number of rotatable bonds is 1. The first-order chi connectivity index (χ1) is 9.05. The van der Waals surface area contributed by atoms with Crippen LogP contribution in [-0.4, -0.2) is 50.7 Å². The van der Waals surface area contributed by atoms with Gasteiger partial charge in [0.1, 0.15) is 0 Å². The summed E-state index contributed by atoms with van der Waals surface area (Å²) in [6.45, 7) is 8.02. The van der Waals surface area contributed by atoms with Crippen LogP contribution >= 0.6 is 0 Å². The van der Waals surface area contributed by atoms with Crippen LogP contribution in [0.4, 0.5) is 5.95 Å². The van der Waals surface area contributed by atoms with Crippen molar-refractivity contribution in [2.75, 3.05) is 5.73 Å². The monoisotopic (exact) mass is 283 g/mol. The molecule has 1 aromatic heterocycles. The Morgan fingerprint density at radius 2 is 1.40 bits per heavy atom. The lowest BCUT2D eigenvalue weighted by molar-refractivity contribution is 0.00578. The highest BCUT2D eigenvalue weighted by Gasteiger charge is 2.51. The van der Waals surface area contributed by atoms with Crippen molar-refractivity contribution in [3.63, 3.8) is 0 Å². The van der Waals surface area contributed by atoms with Crippen LogP contribution in [0, 0.1) is 0 Å². The summed E-state index contributed by atoms with van der Waals surface area (Å²) in [5.74, 6) is 0.250. The maximum Gasteiger partial charge on any atom is 0.631 e. The zero-order chi connectivity index (χ0) is 15.6. The molecule has 0 spiro atoms. The van der Waals surface area contributed by atoms with Crippen LogP contribution in [-0.2, 0) is 9.31 Å². The molecule has 1 aliphatic heterocycles. The van der Waals surface area contributed by atoms with E-state index in [0.717, 1.165) is 5.46 Å². The first-order valence-electron chi connectivity index (χ1n) is 6.02. The second-order valence-corrected chi connectivity index (χ2v) is 5.31. The van der Waals surface area contributed by atoms with Crippen LogP contribution < -0.4 is 11.2 Å². The minimum atomic E-state index is -2.17. The van der Waals surface area contributed by atoms with Crippen molar-refractivity contribution in [3.8, 4) is 0 Å². The molecule has 5 N–H and O–H groups in total. The van der Waals surface area contributed by atoms with Crippen molar-refractivity contribution < 1.29 is 24.4 Å². The van der Waals surface area contributed by atoms with Crippen LogP contribution in [0.5, 0.6) is 0 Å². The Hall–Kier alpha value is -1.19. The third-order valence-corrected chi connectivity index (χ3v) is 3.22. The predicted molar refractivity (Wildman–Crippen MR) is 74.6 cm³/mol. The van der Waals surface area contributed by atoms with E-state index in [0.29, 0.717) is 0 Å². The van der Waals surface area contributed by atoms with E-state index in [2.05, 4.69) is 9.97 Å². The fraction of sp³-hybridized carbons (Fsp3) is 0.600. The highest BCUT2D eigenvalue weighted by Crippen LogP contribution is 2.36. The molecule has 0 atom stereocenters. The largest absolute Gasteiger partial charge is 0.631 e. The van der Waals surface area contributed by atoms with E-state index in [1.165, 1.54) is 0 Å². The average molecular weight is 283 g/mol. The molecule has 0 saturated carbocycles. The number of nitrogens with two attached hydrogens (primary N) is 1. The minimum Gasteiger partial charge on any atom is -0.402 e. The predicted octanol–water partition coefficient (Wildman–Crippen LogP) is -1.69. The van der Waals surface area contributed by atoms with Gasteiger partial charge in [-0.05, 0) is 27.7 Å². The molecule has 0 amide bonds. The molecule has 1 fully saturated rings. The molecular formula is C10H19B2N3O5. The van der Waals surface area contributed by atoms with Gasteiger partial charge in [0, 0.05) is 17.9 Å². The van der Waals surface area contributed by atoms with Gasteiger partial charge < -0.3 is 30.1 Å². The van der Waals surface area contributed by atoms with Crippen molar-refractivity contribution in [2.45, 2.75) is 38.9 Å². The van der Waals surface area contributed by atoms with Crippen molar-refractivity contribution >= 4 is 25.9 Å². The highest BCUT2D eigenvalue weighted by molar-refractivity contribution is 6.61. The first-order valence-corrected chi connectivity index (χ1v) is 6.02. The molecule has 1 aliphatic rings. The summed E-state index contributed by atoms with van der Waals surface area (Å²) >= 11 is 0. The third kappa shape index (κ3) is 4.15. The van der Waals surface area contributed by atoms with Crippen LogP contribution in [0.25, 0.3) is 0 Å². The lowest BCUT2D eigenvalue weighted by Gasteiger charge is -2.32. The van der Waals surface area contributed by atoms with Gasteiger partial charge in [-0.2, -0.15) is 0 Å². The second-order valence-electron chi connectivity index (χ2n) is 5.31. The zero-order valence-electron chi connectivity index (χ0n) is 11.9. The number of nitrogens with zero attached hydrogens (tertiary/aromatic N) is 2. The SMILES string of the molecule is CC1(C)OB(c2cnc(N)nc2)OC1(C)C.OB(O)O. The highest BCUT2D eigenvalue weighted by atomic mass is 16.7. The van der Waals surface area contributed by atoms with Gasteiger partial charge in [0.25, 0.3) is 0 Å². The number of hydrogen-bond acceptors (Lipinski definition) is 8. The zero-order valence-corrected chi connectivity index (χ0v) is 11.9. The molecule has 8 nitrogen and oxygen atoms in total. The summed E-state index contributed by atoms with van der Waals surface area (Å²) in [6, 6.07) is 0. The molecule has 0 aromatic carbocycles. The summed E-state index contributed by atoms with van der Waals surface area (Å²) < 4.78 is 11.7. The van der Waals surface area contributed by atoms with Gasteiger partial charge in [0.2, 0.25) is 5.95 Å². The topological polar surface area (TPSA) is 131 Å². The molecule has 0 aliphatic carbocycles. The van der Waals surface area contributed by atoms with E-state index in [4.69, 9.17) is 30.1 Å². The van der Waals surface area contributed by atoms with Crippen molar-refractivity contribution in [3.05, 3.63) is 12.4 Å². The molecule has 1 aromatic rings. The summed E-state index contributed by atoms with van der Waals surface area (Å²) in [5.41, 5.74) is 5.52. The van der Waals surface area contributed by atoms with Crippen LogP contribution in [0.2, 0.25) is 0 Å². The molecule has 2 rings (SSSR count). The first kappa shape index (κ1) is 16.9. The lowest BCUT2D eigenvalue weighted by atomic mass is 9.81.